The van der Waals surface area contributed by atoms with Crippen LogP contribution < -0.4 is 0 Å². The molecule has 1 aliphatic rings. The molecule has 1 aliphatic carbocycles. The van der Waals surface area contributed by atoms with Crippen molar-refractivity contribution in [3.8, 4) is 6.07 Å². The van der Waals surface area contributed by atoms with E-state index < -0.39 is 0 Å². The number of rotatable bonds is 1. The molecule has 50 valence electrons. The number of hydrogen-bond donors (Lipinski definition) is 0. The Labute approximate surface area is 63.1 Å². The van der Waals surface area contributed by atoms with Gasteiger partial charge in [-0.25, -0.2) is 4.98 Å². The van der Waals surface area contributed by atoms with E-state index in [1.165, 1.54) is 24.2 Å². The highest BCUT2D eigenvalue weighted by atomic mass is 32.1. The van der Waals surface area contributed by atoms with E-state index in [-0.39, 0.29) is 0 Å². The van der Waals surface area contributed by atoms with Gasteiger partial charge in [-0.05, 0) is 12.8 Å². The molecular weight excluding hydrogens is 144 g/mol. The third-order valence-electron chi connectivity index (χ3n) is 1.61. The van der Waals surface area contributed by atoms with E-state index in [0.29, 0.717) is 10.9 Å². The quantitative estimate of drug-likeness (QED) is 0.613. The first-order valence-electron chi connectivity index (χ1n) is 3.25. The summed E-state index contributed by atoms with van der Waals surface area (Å²) in [6.45, 7) is 0. The van der Waals surface area contributed by atoms with Gasteiger partial charge >= 0.3 is 0 Å². The van der Waals surface area contributed by atoms with E-state index in [4.69, 9.17) is 5.26 Å². The zero-order valence-electron chi connectivity index (χ0n) is 5.37. The van der Waals surface area contributed by atoms with Crippen LogP contribution in [-0.4, -0.2) is 4.98 Å². The van der Waals surface area contributed by atoms with E-state index in [1.54, 1.807) is 0 Å². The monoisotopic (exact) mass is 150 g/mol. The van der Waals surface area contributed by atoms with Crippen molar-refractivity contribution >= 4 is 11.3 Å². The molecule has 1 aromatic rings. The summed E-state index contributed by atoms with van der Waals surface area (Å²) in [5.74, 6) is 0.679. The van der Waals surface area contributed by atoms with Gasteiger partial charge in [0, 0.05) is 11.3 Å². The molecule has 0 N–H and O–H groups in total. The van der Waals surface area contributed by atoms with Crippen LogP contribution in [-0.2, 0) is 0 Å². The van der Waals surface area contributed by atoms with Gasteiger partial charge in [0.2, 0.25) is 0 Å². The zero-order valence-corrected chi connectivity index (χ0v) is 6.19. The topological polar surface area (TPSA) is 36.7 Å². The molecule has 0 amide bonds. The summed E-state index contributed by atoms with van der Waals surface area (Å²) >= 11 is 1.45. The Bertz CT molecular complexity index is 280. The van der Waals surface area contributed by atoms with E-state index in [0.717, 1.165) is 5.69 Å². The molecule has 0 radical (unpaired) electrons. The molecule has 10 heavy (non-hydrogen) atoms. The Morgan fingerprint density at radius 3 is 3.00 bits per heavy atom. The van der Waals surface area contributed by atoms with Crippen LogP contribution >= 0.6 is 11.3 Å². The zero-order chi connectivity index (χ0) is 6.97. The van der Waals surface area contributed by atoms with E-state index >= 15 is 0 Å². The van der Waals surface area contributed by atoms with Crippen molar-refractivity contribution in [1.82, 2.24) is 4.98 Å². The van der Waals surface area contributed by atoms with Crippen LogP contribution in [0.2, 0.25) is 0 Å². The molecule has 3 heteroatoms. The number of nitrogens with zero attached hydrogens (tertiary/aromatic N) is 2. The lowest BCUT2D eigenvalue weighted by molar-refractivity contribution is 1.04. The van der Waals surface area contributed by atoms with Crippen molar-refractivity contribution in [3.63, 3.8) is 0 Å². The van der Waals surface area contributed by atoms with E-state index in [2.05, 4.69) is 4.98 Å². The summed E-state index contributed by atoms with van der Waals surface area (Å²) < 4.78 is 0. The van der Waals surface area contributed by atoms with Gasteiger partial charge in [-0.3, -0.25) is 0 Å². The molecule has 1 fully saturated rings. The van der Waals surface area contributed by atoms with Gasteiger partial charge in [0.05, 0.1) is 5.69 Å². The maximum absolute atomic E-state index is 8.45. The molecule has 0 saturated heterocycles. The summed E-state index contributed by atoms with van der Waals surface area (Å²) in [5.41, 5.74) is 1.13. The van der Waals surface area contributed by atoms with Gasteiger partial charge < -0.3 is 0 Å². The van der Waals surface area contributed by atoms with Crippen molar-refractivity contribution in [3.05, 3.63) is 16.1 Å². The van der Waals surface area contributed by atoms with Crippen molar-refractivity contribution in [2.24, 2.45) is 0 Å². The van der Waals surface area contributed by atoms with Crippen LogP contribution in [0.1, 0.15) is 29.5 Å². The summed E-state index contributed by atoms with van der Waals surface area (Å²) in [6.07, 6.45) is 2.52. The molecule has 1 saturated carbocycles. The van der Waals surface area contributed by atoms with Crippen molar-refractivity contribution in [2.75, 3.05) is 0 Å². The van der Waals surface area contributed by atoms with Crippen LogP contribution in [0.5, 0.6) is 0 Å². The SMILES string of the molecule is N#Cc1nc(C2CC2)cs1. The minimum absolute atomic E-state index is 0.599. The first-order chi connectivity index (χ1) is 4.90. The lowest BCUT2D eigenvalue weighted by Gasteiger charge is -1.81. The normalized spacial score (nSPS) is 16.7. The predicted molar refractivity (Wildman–Crippen MR) is 38.8 cm³/mol. The molecule has 0 bridgehead atoms. The fourth-order valence-electron chi connectivity index (χ4n) is 0.904. The largest absolute Gasteiger partial charge is 0.231 e. The number of thiazole rings is 1. The second kappa shape index (κ2) is 2.06. The fraction of sp³-hybridized carbons (Fsp3) is 0.429. The van der Waals surface area contributed by atoms with Crippen molar-refractivity contribution in [2.45, 2.75) is 18.8 Å². The number of nitriles is 1. The molecule has 0 spiro atoms. The highest BCUT2D eigenvalue weighted by molar-refractivity contribution is 7.10. The van der Waals surface area contributed by atoms with Crippen LogP contribution in [0.4, 0.5) is 0 Å². The molecule has 0 atom stereocenters. The molecule has 1 heterocycles. The highest BCUT2D eigenvalue weighted by Gasteiger charge is 2.25. The Balaban J connectivity index is 2.29. The average molecular weight is 150 g/mol. The van der Waals surface area contributed by atoms with Crippen molar-refractivity contribution in [1.29, 1.82) is 5.26 Å². The van der Waals surface area contributed by atoms with Crippen LogP contribution in [0, 0.1) is 11.3 Å². The minimum Gasteiger partial charge on any atom is -0.231 e. The predicted octanol–water partition coefficient (Wildman–Crippen LogP) is 1.89. The summed E-state index contributed by atoms with van der Waals surface area (Å²) in [6, 6.07) is 2.04. The standard InChI is InChI=1S/C7H6N2S/c8-3-7-9-6(4-10-7)5-1-2-5/h4-5H,1-2H2. The molecule has 0 aromatic carbocycles. The highest BCUT2D eigenvalue weighted by Crippen LogP contribution is 2.39. The molecular formula is C7H6N2S. The molecule has 1 aromatic heterocycles. The van der Waals surface area contributed by atoms with Crippen LogP contribution in [0.3, 0.4) is 0 Å². The summed E-state index contributed by atoms with van der Waals surface area (Å²) in [5, 5.41) is 11.0. The lowest BCUT2D eigenvalue weighted by Crippen LogP contribution is -1.77. The lowest BCUT2D eigenvalue weighted by atomic mass is 10.3. The Hall–Kier alpha value is -0.880. The minimum atomic E-state index is 0.599. The van der Waals surface area contributed by atoms with Gasteiger partial charge in [-0.1, -0.05) is 0 Å². The van der Waals surface area contributed by atoms with E-state index in [9.17, 15) is 0 Å². The van der Waals surface area contributed by atoms with Gasteiger partial charge in [-0.15, -0.1) is 11.3 Å². The Morgan fingerprint density at radius 2 is 2.50 bits per heavy atom. The van der Waals surface area contributed by atoms with Crippen molar-refractivity contribution < 1.29 is 0 Å². The first-order valence-corrected chi connectivity index (χ1v) is 4.13. The Kier molecular flexibility index (Phi) is 1.21. The average Bonchev–Trinajstić information content (AvgIpc) is 2.70. The molecule has 2 rings (SSSR count). The van der Waals surface area contributed by atoms with Gasteiger partial charge in [-0.2, -0.15) is 5.26 Å². The van der Waals surface area contributed by atoms with Gasteiger partial charge in [0.15, 0.2) is 5.01 Å². The summed E-state index contributed by atoms with van der Waals surface area (Å²) in [4.78, 5) is 4.15. The Morgan fingerprint density at radius 1 is 1.70 bits per heavy atom. The number of aromatic nitrogens is 1. The van der Waals surface area contributed by atoms with Crippen LogP contribution in [0.15, 0.2) is 5.38 Å². The van der Waals surface area contributed by atoms with Crippen LogP contribution in [0.25, 0.3) is 0 Å². The van der Waals surface area contributed by atoms with Gasteiger partial charge in [0.25, 0.3) is 0 Å². The first kappa shape index (κ1) is 5.87. The molecule has 0 aliphatic heterocycles. The maximum Gasteiger partial charge on any atom is 0.194 e. The summed E-state index contributed by atoms with van der Waals surface area (Å²) in [7, 11) is 0. The molecule has 0 unspecified atom stereocenters. The third kappa shape index (κ3) is 0.910. The van der Waals surface area contributed by atoms with Gasteiger partial charge in [0.1, 0.15) is 6.07 Å². The smallest absolute Gasteiger partial charge is 0.194 e. The van der Waals surface area contributed by atoms with E-state index in [1.807, 2.05) is 11.4 Å². The second-order valence-corrected chi connectivity index (χ2v) is 3.32. The maximum atomic E-state index is 8.45. The molecule has 2 nitrogen and oxygen atoms in total. The second-order valence-electron chi connectivity index (χ2n) is 2.46. The third-order valence-corrected chi connectivity index (χ3v) is 2.38. The number of hydrogen-bond acceptors (Lipinski definition) is 3. The fourth-order valence-corrected chi connectivity index (χ4v) is 1.59.